The van der Waals surface area contributed by atoms with E-state index in [0.717, 1.165) is 6.07 Å². The maximum atomic E-state index is 12.8. The molecule has 0 aliphatic carbocycles. The van der Waals surface area contributed by atoms with Crippen molar-refractivity contribution in [1.29, 1.82) is 0 Å². The highest BCUT2D eigenvalue weighted by Crippen LogP contribution is 2.34. The largest absolute Gasteiger partial charge is 0.493 e. The minimum Gasteiger partial charge on any atom is -0.493 e. The Hall–Kier alpha value is -0.840. The van der Waals surface area contributed by atoms with Crippen LogP contribution in [0, 0.1) is 11.6 Å². The fourth-order valence-corrected chi connectivity index (χ4v) is 1.38. The van der Waals surface area contributed by atoms with Crippen molar-refractivity contribution in [2.24, 2.45) is 0 Å². The smallest absolute Gasteiger partial charge is 0.185 e. The molecule has 0 aliphatic heterocycles. The van der Waals surface area contributed by atoms with Crippen molar-refractivity contribution in [3.63, 3.8) is 0 Å². The van der Waals surface area contributed by atoms with Crippen LogP contribution in [-0.4, -0.2) is 7.11 Å². The summed E-state index contributed by atoms with van der Waals surface area (Å²) >= 11 is 2.98. The van der Waals surface area contributed by atoms with Crippen molar-refractivity contribution in [3.05, 3.63) is 22.2 Å². The van der Waals surface area contributed by atoms with Gasteiger partial charge in [0.15, 0.2) is 17.4 Å². The second kappa shape index (κ2) is 3.26. The molecule has 0 saturated heterocycles. The van der Waals surface area contributed by atoms with Gasteiger partial charge in [-0.05, 0) is 22.0 Å². The van der Waals surface area contributed by atoms with Crippen LogP contribution < -0.4 is 10.5 Å². The van der Waals surface area contributed by atoms with Crippen molar-refractivity contribution in [3.8, 4) is 5.75 Å². The Morgan fingerprint density at radius 2 is 2.08 bits per heavy atom. The first-order valence-corrected chi connectivity index (χ1v) is 3.84. The second-order valence-electron chi connectivity index (χ2n) is 2.10. The average molecular weight is 238 g/mol. The summed E-state index contributed by atoms with van der Waals surface area (Å²) in [6.07, 6.45) is 0. The van der Waals surface area contributed by atoms with Gasteiger partial charge < -0.3 is 10.5 Å². The molecule has 0 spiro atoms. The van der Waals surface area contributed by atoms with Crippen LogP contribution in [0.3, 0.4) is 0 Å². The van der Waals surface area contributed by atoms with E-state index in [4.69, 9.17) is 10.5 Å². The highest BCUT2D eigenvalue weighted by Gasteiger charge is 2.14. The van der Waals surface area contributed by atoms with E-state index in [1.807, 2.05) is 0 Å². The molecule has 1 rings (SSSR count). The lowest BCUT2D eigenvalue weighted by molar-refractivity contribution is 0.407. The van der Waals surface area contributed by atoms with Crippen molar-refractivity contribution < 1.29 is 13.5 Å². The number of benzene rings is 1. The summed E-state index contributed by atoms with van der Waals surface area (Å²) in [5.41, 5.74) is 4.90. The van der Waals surface area contributed by atoms with Crippen LogP contribution >= 0.6 is 15.9 Å². The van der Waals surface area contributed by atoms with Gasteiger partial charge in [-0.3, -0.25) is 0 Å². The number of rotatable bonds is 1. The van der Waals surface area contributed by atoms with Gasteiger partial charge in [-0.25, -0.2) is 8.78 Å². The van der Waals surface area contributed by atoms with Crippen molar-refractivity contribution in [2.45, 2.75) is 0 Å². The average Bonchev–Trinajstić information content (AvgIpc) is 2.01. The summed E-state index contributed by atoms with van der Waals surface area (Å²) in [4.78, 5) is 0. The minimum absolute atomic E-state index is 0.105. The van der Waals surface area contributed by atoms with Gasteiger partial charge >= 0.3 is 0 Å². The monoisotopic (exact) mass is 237 g/mol. The summed E-state index contributed by atoms with van der Waals surface area (Å²) in [6.45, 7) is 0. The lowest BCUT2D eigenvalue weighted by atomic mass is 10.3. The molecule has 2 N–H and O–H groups in total. The first kappa shape index (κ1) is 9.25. The number of methoxy groups -OCH3 is 1. The zero-order chi connectivity index (χ0) is 9.30. The highest BCUT2D eigenvalue weighted by atomic mass is 79.9. The molecule has 0 unspecified atom stereocenters. The molecule has 0 atom stereocenters. The Labute approximate surface area is 76.4 Å². The van der Waals surface area contributed by atoms with Gasteiger partial charge in [0, 0.05) is 0 Å². The molecule has 1 aromatic carbocycles. The first-order valence-electron chi connectivity index (χ1n) is 3.05. The van der Waals surface area contributed by atoms with E-state index in [0.29, 0.717) is 4.47 Å². The first-order chi connectivity index (χ1) is 5.57. The molecule has 66 valence electrons. The van der Waals surface area contributed by atoms with Gasteiger partial charge in [0.05, 0.1) is 11.6 Å². The molecule has 0 aromatic heterocycles. The zero-order valence-electron chi connectivity index (χ0n) is 6.20. The van der Waals surface area contributed by atoms with Gasteiger partial charge in [-0.15, -0.1) is 0 Å². The van der Waals surface area contributed by atoms with Crippen LogP contribution in [0.1, 0.15) is 0 Å². The maximum absolute atomic E-state index is 12.8. The summed E-state index contributed by atoms with van der Waals surface area (Å²) in [7, 11) is 1.33. The molecule has 0 amide bonds. The third kappa shape index (κ3) is 1.36. The van der Waals surface area contributed by atoms with Crippen LogP contribution in [0.15, 0.2) is 10.5 Å². The lowest BCUT2D eigenvalue weighted by Gasteiger charge is -2.07. The van der Waals surface area contributed by atoms with E-state index >= 15 is 0 Å². The standard InChI is InChI=1S/C7H6BrF2NO/c1-12-7-3(8)2-4(9)5(10)6(7)11/h2H,11H2,1H3. The third-order valence-electron chi connectivity index (χ3n) is 1.37. The van der Waals surface area contributed by atoms with E-state index in [1.165, 1.54) is 7.11 Å². The minimum atomic E-state index is -1.09. The number of ether oxygens (including phenoxy) is 1. The molecule has 0 heterocycles. The van der Waals surface area contributed by atoms with Gasteiger partial charge in [0.1, 0.15) is 5.69 Å². The number of nitrogens with two attached hydrogens (primary N) is 1. The molecule has 0 saturated carbocycles. The van der Waals surface area contributed by atoms with E-state index < -0.39 is 11.6 Å². The van der Waals surface area contributed by atoms with Crippen LogP contribution in [-0.2, 0) is 0 Å². The van der Waals surface area contributed by atoms with Crippen LogP contribution in [0.5, 0.6) is 5.75 Å². The molecule has 2 nitrogen and oxygen atoms in total. The van der Waals surface area contributed by atoms with Crippen molar-refractivity contribution in [1.82, 2.24) is 0 Å². The third-order valence-corrected chi connectivity index (χ3v) is 1.95. The topological polar surface area (TPSA) is 35.2 Å². The van der Waals surface area contributed by atoms with Crippen molar-refractivity contribution in [2.75, 3.05) is 12.8 Å². The molecule has 0 fully saturated rings. The normalized spacial score (nSPS) is 10.0. The molecule has 12 heavy (non-hydrogen) atoms. The number of nitrogen functional groups attached to an aromatic ring is 1. The van der Waals surface area contributed by atoms with Gasteiger partial charge in [0.2, 0.25) is 0 Å². The molecule has 0 aliphatic rings. The Bertz CT molecular complexity index is 317. The zero-order valence-corrected chi connectivity index (χ0v) is 7.78. The molecule has 5 heteroatoms. The predicted octanol–water partition coefficient (Wildman–Crippen LogP) is 2.32. The van der Waals surface area contributed by atoms with Gasteiger partial charge in [-0.2, -0.15) is 0 Å². The fraction of sp³-hybridized carbons (Fsp3) is 0.143. The Morgan fingerprint density at radius 1 is 1.50 bits per heavy atom. The Morgan fingerprint density at radius 3 is 2.58 bits per heavy atom. The number of hydrogen-bond donors (Lipinski definition) is 1. The Kier molecular flexibility index (Phi) is 2.52. The van der Waals surface area contributed by atoms with Crippen molar-refractivity contribution >= 4 is 21.6 Å². The second-order valence-corrected chi connectivity index (χ2v) is 2.96. The van der Waals surface area contributed by atoms with Crippen LogP contribution in [0.2, 0.25) is 0 Å². The van der Waals surface area contributed by atoms with E-state index in [9.17, 15) is 8.78 Å². The van der Waals surface area contributed by atoms with Gasteiger partial charge in [0.25, 0.3) is 0 Å². The van der Waals surface area contributed by atoms with E-state index in [2.05, 4.69) is 15.9 Å². The maximum Gasteiger partial charge on any atom is 0.185 e. The molecule has 0 bridgehead atoms. The summed E-state index contributed by atoms with van der Waals surface area (Å²) < 4.78 is 30.4. The van der Waals surface area contributed by atoms with E-state index in [-0.39, 0.29) is 11.4 Å². The van der Waals surface area contributed by atoms with E-state index in [1.54, 1.807) is 0 Å². The summed E-state index contributed by atoms with van der Waals surface area (Å²) in [5, 5.41) is 0. The van der Waals surface area contributed by atoms with Crippen LogP contribution in [0.25, 0.3) is 0 Å². The predicted molar refractivity (Wildman–Crippen MR) is 45.0 cm³/mol. The number of hydrogen-bond acceptors (Lipinski definition) is 2. The summed E-state index contributed by atoms with van der Waals surface area (Å²) in [6, 6.07) is 0.963. The lowest BCUT2D eigenvalue weighted by Crippen LogP contribution is -1.99. The molecular weight excluding hydrogens is 232 g/mol. The summed E-state index contributed by atoms with van der Waals surface area (Å²) in [5.74, 6) is -1.98. The Balaban J connectivity index is 3.40. The number of halogens is 3. The van der Waals surface area contributed by atoms with Gasteiger partial charge in [-0.1, -0.05) is 0 Å². The molecular formula is C7H6BrF2NO. The number of anilines is 1. The quantitative estimate of drug-likeness (QED) is 0.601. The molecule has 1 aromatic rings. The molecule has 0 radical (unpaired) electrons. The SMILES string of the molecule is COc1c(Br)cc(F)c(F)c1N. The fourth-order valence-electron chi connectivity index (χ4n) is 0.805. The highest BCUT2D eigenvalue weighted by molar-refractivity contribution is 9.10. The van der Waals surface area contributed by atoms with Crippen LogP contribution in [0.4, 0.5) is 14.5 Å².